The molecule has 0 saturated heterocycles. The van der Waals surface area contributed by atoms with Crippen molar-refractivity contribution in [3.63, 3.8) is 0 Å². The highest BCUT2D eigenvalue weighted by atomic mass is 19.1. The van der Waals surface area contributed by atoms with Crippen molar-refractivity contribution in [2.24, 2.45) is 5.73 Å². The third-order valence-corrected chi connectivity index (χ3v) is 5.19. The molecule has 0 aliphatic rings. The number of furan rings is 1. The lowest BCUT2D eigenvalue weighted by Crippen LogP contribution is -2.01. The van der Waals surface area contributed by atoms with Gasteiger partial charge in [-0.1, -0.05) is 42.5 Å². The molecule has 0 fully saturated rings. The molecule has 1 aromatic heterocycles. The topological polar surface area (TPSA) is 96.7 Å². The second-order valence-corrected chi connectivity index (χ2v) is 7.13. The molecule has 0 amide bonds. The minimum Gasteiger partial charge on any atom is -0.507 e. The summed E-state index contributed by atoms with van der Waals surface area (Å²) in [6.45, 7) is 0.116. The van der Waals surface area contributed by atoms with Gasteiger partial charge >= 0.3 is 5.97 Å². The predicted molar refractivity (Wildman–Crippen MR) is 112 cm³/mol. The van der Waals surface area contributed by atoms with E-state index in [1.54, 1.807) is 54.8 Å². The Hall–Kier alpha value is -3.64. The SMILES string of the molecule is NCc1cccc(-c2ccc3occ(Cc4cccc(CC(=O)O)c4O)c3c2)c1F. The second kappa shape index (κ2) is 8.00. The van der Waals surface area contributed by atoms with Crippen LogP contribution >= 0.6 is 0 Å². The van der Waals surface area contributed by atoms with Crippen LogP contribution in [-0.4, -0.2) is 16.2 Å². The van der Waals surface area contributed by atoms with Crippen molar-refractivity contribution in [3.8, 4) is 16.9 Å². The van der Waals surface area contributed by atoms with Crippen LogP contribution in [-0.2, 0) is 24.2 Å². The number of aliphatic carboxylic acids is 1. The van der Waals surface area contributed by atoms with Crippen LogP contribution in [0.25, 0.3) is 22.1 Å². The van der Waals surface area contributed by atoms with Gasteiger partial charge in [0.05, 0.1) is 12.7 Å². The van der Waals surface area contributed by atoms with E-state index in [2.05, 4.69) is 0 Å². The molecule has 0 spiro atoms. The van der Waals surface area contributed by atoms with Crippen molar-refractivity contribution < 1.29 is 23.8 Å². The number of hydrogen-bond acceptors (Lipinski definition) is 4. The van der Waals surface area contributed by atoms with Crippen molar-refractivity contribution in [2.75, 3.05) is 0 Å². The van der Waals surface area contributed by atoms with Crippen LogP contribution in [0.1, 0.15) is 22.3 Å². The van der Waals surface area contributed by atoms with Crippen LogP contribution in [0.4, 0.5) is 4.39 Å². The van der Waals surface area contributed by atoms with Crippen molar-refractivity contribution in [1.29, 1.82) is 0 Å². The molecule has 0 saturated carbocycles. The van der Waals surface area contributed by atoms with Crippen LogP contribution in [0.2, 0.25) is 0 Å². The minimum atomic E-state index is -1.01. The smallest absolute Gasteiger partial charge is 0.307 e. The highest BCUT2D eigenvalue weighted by Gasteiger charge is 2.15. The number of fused-ring (bicyclic) bond motifs is 1. The molecule has 3 aromatic carbocycles. The molecule has 4 aromatic rings. The van der Waals surface area contributed by atoms with E-state index in [-0.39, 0.29) is 24.5 Å². The zero-order valence-corrected chi connectivity index (χ0v) is 16.1. The van der Waals surface area contributed by atoms with Crippen LogP contribution in [0.5, 0.6) is 5.75 Å². The van der Waals surface area contributed by atoms with Crippen LogP contribution in [0, 0.1) is 5.82 Å². The average molecular weight is 405 g/mol. The maximum absolute atomic E-state index is 14.7. The Morgan fingerprint density at radius 1 is 1.00 bits per heavy atom. The van der Waals surface area contributed by atoms with Gasteiger partial charge in [-0.2, -0.15) is 0 Å². The van der Waals surface area contributed by atoms with Gasteiger partial charge in [-0.25, -0.2) is 4.39 Å². The third-order valence-electron chi connectivity index (χ3n) is 5.19. The van der Waals surface area contributed by atoms with Gasteiger partial charge in [0.25, 0.3) is 0 Å². The Labute approximate surface area is 172 Å². The Kier molecular flexibility index (Phi) is 5.25. The van der Waals surface area contributed by atoms with Crippen molar-refractivity contribution >= 4 is 16.9 Å². The summed E-state index contributed by atoms with van der Waals surface area (Å²) < 4.78 is 20.4. The van der Waals surface area contributed by atoms with Gasteiger partial charge in [0, 0.05) is 40.6 Å². The normalized spacial score (nSPS) is 11.1. The number of halogens is 1. The monoisotopic (exact) mass is 405 g/mol. The van der Waals surface area contributed by atoms with Gasteiger partial charge in [0.2, 0.25) is 0 Å². The fourth-order valence-corrected chi connectivity index (χ4v) is 3.64. The van der Waals surface area contributed by atoms with E-state index in [4.69, 9.17) is 15.3 Å². The molecule has 0 atom stereocenters. The van der Waals surface area contributed by atoms with Crippen molar-refractivity contribution in [2.45, 2.75) is 19.4 Å². The molecule has 6 heteroatoms. The van der Waals surface area contributed by atoms with Gasteiger partial charge in [-0.3, -0.25) is 4.79 Å². The number of para-hydroxylation sites is 1. The number of aromatic hydroxyl groups is 1. The molecule has 5 nitrogen and oxygen atoms in total. The van der Waals surface area contributed by atoms with Crippen molar-refractivity contribution in [1.82, 2.24) is 0 Å². The first-order valence-electron chi connectivity index (χ1n) is 9.47. The first kappa shape index (κ1) is 19.7. The van der Waals surface area contributed by atoms with Gasteiger partial charge in [-0.05, 0) is 23.3 Å². The van der Waals surface area contributed by atoms with Gasteiger partial charge < -0.3 is 20.4 Å². The fourth-order valence-electron chi connectivity index (χ4n) is 3.64. The maximum atomic E-state index is 14.7. The van der Waals surface area contributed by atoms with E-state index in [9.17, 15) is 14.3 Å². The van der Waals surface area contributed by atoms with Crippen LogP contribution < -0.4 is 5.73 Å². The van der Waals surface area contributed by atoms with Gasteiger partial charge in [0.1, 0.15) is 17.1 Å². The lowest BCUT2D eigenvalue weighted by molar-refractivity contribution is -0.136. The number of phenols is 1. The standard InChI is InChI=1S/C24H20FNO4/c25-23-17(12-26)5-2-6-19(23)14-7-8-21-20(10-14)18(13-30-21)9-15-3-1-4-16(24(15)29)11-22(27)28/h1-8,10,13,29H,9,11-12,26H2,(H,27,28). The quantitative estimate of drug-likeness (QED) is 0.435. The summed E-state index contributed by atoms with van der Waals surface area (Å²) in [7, 11) is 0. The molecule has 152 valence electrons. The lowest BCUT2D eigenvalue weighted by atomic mass is 9.97. The Morgan fingerprint density at radius 2 is 1.73 bits per heavy atom. The summed E-state index contributed by atoms with van der Waals surface area (Å²) in [5, 5.41) is 20.3. The fraction of sp³-hybridized carbons (Fsp3) is 0.125. The number of rotatable bonds is 6. The van der Waals surface area contributed by atoms with E-state index in [1.807, 2.05) is 6.07 Å². The minimum absolute atomic E-state index is 0.0351. The molecule has 4 rings (SSSR count). The molecule has 4 N–H and O–H groups in total. The number of phenolic OH excluding ortho intramolecular Hbond substituents is 1. The van der Waals surface area contributed by atoms with E-state index in [0.717, 1.165) is 10.9 Å². The molecular weight excluding hydrogens is 385 g/mol. The first-order chi connectivity index (χ1) is 14.5. The molecule has 0 bridgehead atoms. The molecule has 30 heavy (non-hydrogen) atoms. The van der Waals surface area contributed by atoms with E-state index < -0.39 is 5.97 Å². The molecule has 0 unspecified atom stereocenters. The zero-order chi connectivity index (χ0) is 21.3. The summed E-state index contributed by atoms with van der Waals surface area (Å²) in [5.74, 6) is -1.39. The van der Waals surface area contributed by atoms with E-state index in [1.165, 1.54) is 0 Å². The number of benzene rings is 3. The highest BCUT2D eigenvalue weighted by Crippen LogP contribution is 2.33. The summed E-state index contributed by atoms with van der Waals surface area (Å²) in [6.07, 6.45) is 1.69. The lowest BCUT2D eigenvalue weighted by Gasteiger charge is -2.09. The first-order valence-corrected chi connectivity index (χ1v) is 9.47. The summed E-state index contributed by atoms with van der Waals surface area (Å²) >= 11 is 0. The van der Waals surface area contributed by atoms with E-state index in [0.29, 0.717) is 39.8 Å². The number of hydrogen-bond donors (Lipinski definition) is 3. The number of carbonyl (C=O) groups is 1. The maximum Gasteiger partial charge on any atom is 0.307 e. The number of carboxylic acids is 1. The largest absolute Gasteiger partial charge is 0.507 e. The van der Waals surface area contributed by atoms with E-state index >= 15 is 0 Å². The third kappa shape index (κ3) is 3.65. The Balaban J connectivity index is 1.74. The predicted octanol–water partition coefficient (Wildman–Crippen LogP) is 4.62. The molecule has 0 aliphatic carbocycles. The van der Waals surface area contributed by atoms with Gasteiger partial charge in [-0.15, -0.1) is 0 Å². The molecule has 0 aliphatic heterocycles. The number of nitrogens with two attached hydrogens (primary N) is 1. The Bertz CT molecular complexity index is 1250. The summed E-state index contributed by atoms with van der Waals surface area (Å²) in [6, 6.07) is 15.6. The summed E-state index contributed by atoms with van der Waals surface area (Å²) in [4.78, 5) is 11.0. The zero-order valence-electron chi connectivity index (χ0n) is 16.1. The van der Waals surface area contributed by atoms with Crippen LogP contribution in [0.15, 0.2) is 65.3 Å². The highest BCUT2D eigenvalue weighted by molar-refractivity contribution is 5.87. The molecular formula is C24H20FNO4. The summed E-state index contributed by atoms with van der Waals surface area (Å²) in [5.41, 5.74) is 9.63. The average Bonchev–Trinajstić information content (AvgIpc) is 3.13. The Morgan fingerprint density at radius 3 is 2.50 bits per heavy atom. The molecule has 1 heterocycles. The van der Waals surface area contributed by atoms with Crippen molar-refractivity contribution in [3.05, 3.63) is 88.9 Å². The van der Waals surface area contributed by atoms with Gasteiger partial charge in [0.15, 0.2) is 0 Å². The molecule has 0 radical (unpaired) electrons. The second-order valence-electron chi connectivity index (χ2n) is 7.13. The van der Waals surface area contributed by atoms with Crippen LogP contribution in [0.3, 0.4) is 0 Å². The number of carboxylic acid groups (broad SMARTS) is 1.